The highest BCUT2D eigenvalue weighted by Gasteiger charge is 2.28. The first-order valence-corrected chi connectivity index (χ1v) is 10.1. The number of rotatable bonds is 5. The third-order valence-electron chi connectivity index (χ3n) is 5.48. The van der Waals surface area contributed by atoms with Crippen molar-refractivity contribution in [3.8, 4) is 11.8 Å². The standard InChI is InChI=1S/C20H20ClFN4O4/c21-12(9-23)10-24-3-5-25(6-4-24)17-8-16-14(7-15(17)22)19(27)18(30-20(28)29)11-26(16)13-1-2-13/h7-8,11-13H,1-6,10H2,(H,28,29). The Hall–Kier alpha value is -2.83. The van der Waals surface area contributed by atoms with Gasteiger partial charge < -0.3 is 19.3 Å². The third-order valence-corrected chi connectivity index (χ3v) is 5.71. The quantitative estimate of drug-likeness (QED) is 0.570. The first kappa shape index (κ1) is 20.4. The van der Waals surface area contributed by atoms with E-state index in [1.807, 2.05) is 11.0 Å². The zero-order valence-corrected chi connectivity index (χ0v) is 16.8. The molecular formula is C20H20ClFN4O4. The molecule has 30 heavy (non-hydrogen) atoms. The van der Waals surface area contributed by atoms with E-state index in [1.165, 1.54) is 6.20 Å². The molecular weight excluding hydrogens is 415 g/mol. The van der Waals surface area contributed by atoms with Crippen LogP contribution in [0.15, 0.2) is 23.1 Å². The molecule has 1 atom stereocenters. The number of hydrogen-bond acceptors (Lipinski definition) is 6. The Bertz CT molecular complexity index is 1090. The Labute approximate surface area is 176 Å². The molecule has 1 aliphatic heterocycles. The molecule has 1 aliphatic carbocycles. The molecule has 1 aromatic carbocycles. The number of pyridine rings is 1. The van der Waals surface area contributed by atoms with Crippen molar-refractivity contribution >= 4 is 34.3 Å². The van der Waals surface area contributed by atoms with E-state index >= 15 is 0 Å². The molecule has 0 amide bonds. The van der Waals surface area contributed by atoms with Crippen molar-refractivity contribution in [2.75, 3.05) is 37.6 Å². The van der Waals surface area contributed by atoms with Crippen LogP contribution >= 0.6 is 11.6 Å². The van der Waals surface area contributed by atoms with Crippen molar-refractivity contribution < 1.29 is 19.0 Å². The van der Waals surface area contributed by atoms with Crippen LogP contribution in [0.2, 0.25) is 0 Å². The van der Waals surface area contributed by atoms with Crippen LogP contribution in [0.1, 0.15) is 18.9 Å². The summed E-state index contributed by atoms with van der Waals surface area (Å²) in [5.41, 5.74) is 0.305. The number of alkyl halides is 1. The van der Waals surface area contributed by atoms with E-state index in [4.69, 9.17) is 22.0 Å². The number of carboxylic acid groups (broad SMARTS) is 1. The van der Waals surface area contributed by atoms with Gasteiger partial charge in [-0.25, -0.2) is 9.18 Å². The maximum atomic E-state index is 15.0. The van der Waals surface area contributed by atoms with Gasteiger partial charge in [0.2, 0.25) is 5.43 Å². The van der Waals surface area contributed by atoms with Crippen LogP contribution in [0, 0.1) is 17.1 Å². The van der Waals surface area contributed by atoms with Crippen molar-refractivity contribution in [2.24, 2.45) is 0 Å². The van der Waals surface area contributed by atoms with Gasteiger partial charge in [-0.05, 0) is 25.0 Å². The summed E-state index contributed by atoms with van der Waals surface area (Å²) in [6, 6.07) is 4.95. The minimum atomic E-state index is -1.58. The minimum Gasteiger partial charge on any atom is -0.449 e. The number of piperazine rings is 1. The van der Waals surface area contributed by atoms with E-state index in [0.29, 0.717) is 43.9 Å². The van der Waals surface area contributed by atoms with Gasteiger partial charge in [-0.1, -0.05) is 0 Å². The van der Waals surface area contributed by atoms with Gasteiger partial charge in [-0.15, -0.1) is 11.6 Å². The second kappa shape index (κ2) is 8.13. The van der Waals surface area contributed by atoms with Crippen molar-refractivity contribution in [2.45, 2.75) is 24.3 Å². The Morgan fingerprint density at radius 2 is 2.03 bits per heavy atom. The second-order valence-electron chi connectivity index (χ2n) is 7.53. The molecule has 1 N–H and O–H groups in total. The number of carbonyl (C=O) groups is 1. The lowest BCUT2D eigenvalue weighted by Gasteiger charge is -2.36. The van der Waals surface area contributed by atoms with E-state index < -0.39 is 22.8 Å². The van der Waals surface area contributed by atoms with Crippen LogP contribution in [0.3, 0.4) is 0 Å². The van der Waals surface area contributed by atoms with Crippen LogP contribution in [-0.4, -0.2) is 58.8 Å². The second-order valence-corrected chi connectivity index (χ2v) is 8.06. The number of benzene rings is 1. The van der Waals surface area contributed by atoms with Gasteiger partial charge in [0.25, 0.3) is 0 Å². The maximum Gasteiger partial charge on any atom is 0.511 e. The first-order chi connectivity index (χ1) is 14.4. The van der Waals surface area contributed by atoms with E-state index in [0.717, 1.165) is 18.9 Å². The molecule has 1 saturated heterocycles. The lowest BCUT2D eigenvalue weighted by molar-refractivity contribution is 0.143. The molecule has 1 unspecified atom stereocenters. The maximum absolute atomic E-state index is 15.0. The third kappa shape index (κ3) is 4.06. The highest BCUT2D eigenvalue weighted by Crippen LogP contribution is 2.39. The Morgan fingerprint density at radius 3 is 2.63 bits per heavy atom. The Balaban J connectivity index is 1.67. The largest absolute Gasteiger partial charge is 0.511 e. The van der Waals surface area contributed by atoms with Gasteiger partial charge in [0.1, 0.15) is 11.2 Å². The first-order valence-electron chi connectivity index (χ1n) is 9.67. The number of nitrogens with zero attached hydrogens (tertiary/aromatic N) is 4. The van der Waals surface area contributed by atoms with Gasteiger partial charge in [0, 0.05) is 38.8 Å². The van der Waals surface area contributed by atoms with Crippen molar-refractivity contribution in [3.05, 3.63) is 34.4 Å². The van der Waals surface area contributed by atoms with Gasteiger partial charge in [0.05, 0.1) is 28.9 Å². The zero-order chi connectivity index (χ0) is 21.4. The smallest absolute Gasteiger partial charge is 0.449 e. The molecule has 1 aromatic heterocycles. The van der Waals surface area contributed by atoms with Crippen molar-refractivity contribution in [3.63, 3.8) is 0 Å². The summed E-state index contributed by atoms with van der Waals surface area (Å²) in [6.07, 6.45) is 1.61. The topological polar surface area (TPSA) is 98.8 Å². The molecule has 1 saturated carbocycles. The molecule has 2 heterocycles. The lowest BCUT2D eigenvalue weighted by atomic mass is 10.1. The molecule has 4 rings (SSSR count). The van der Waals surface area contributed by atoms with Gasteiger partial charge in [0.15, 0.2) is 5.75 Å². The molecule has 158 valence electrons. The zero-order valence-electron chi connectivity index (χ0n) is 16.1. The number of ether oxygens (including phenoxy) is 1. The number of hydrogen-bond donors (Lipinski definition) is 1. The fourth-order valence-electron chi connectivity index (χ4n) is 3.84. The summed E-state index contributed by atoms with van der Waals surface area (Å²) < 4.78 is 21.4. The van der Waals surface area contributed by atoms with Crippen LogP contribution in [-0.2, 0) is 0 Å². The molecule has 0 spiro atoms. The van der Waals surface area contributed by atoms with Crippen LogP contribution in [0.4, 0.5) is 14.9 Å². The highest BCUT2D eigenvalue weighted by atomic mass is 35.5. The Morgan fingerprint density at radius 1 is 1.33 bits per heavy atom. The monoisotopic (exact) mass is 434 g/mol. The minimum absolute atomic E-state index is 0.0968. The normalized spacial score (nSPS) is 18.2. The summed E-state index contributed by atoms with van der Waals surface area (Å²) in [7, 11) is 0. The molecule has 2 aliphatic rings. The van der Waals surface area contributed by atoms with Crippen molar-refractivity contribution in [1.29, 1.82) is 5.26 Å². The predicted molar refractivity (Wildman–Crippen MR) is 109 cm³/mol. The fourth-order valence-corrected chi connectivity index (χ4v) is 4.03. The molecule has 10 heteroatoms. The molecule has 2 fully saturated rings. The van der Waals surface area contributed by atoms with E-state index in [-0.39, 0.29) is 17.2 Å². The van der Waals surface area contributed by atoms with Gasteiger partial charge in [-0.3, -0.25) is 9.69 Å². The summed E-state index contributed by atoms with van der Waals surface area (Å²) in [4.78, 5) is 27.5. The molecule has 0 bridgehead atoms. The molecule has 0 radical (unpaired) electrons. The number of aromatic nitrogens is 1. The summed E-state index contributed by atoms with van der Waals surface area (Å²) in [6.45, 7) is 2.86. The molecule has 8 nitrogen and oxygen atoms in total. The number of halogens is 2. The summed E-state index contributed by atoms with van der Waals surface area (Å²) >= 11 is 5.90. The van der Waals surface area contributed by atoms with E-state index in [1.54, 1.807) is 10.6 Å². The van der Waals surface area contributed by atoms with Gasteiger partial charge >= 0.3 is 6.16 Å². The van der Waals surface area contributed by atoms with Crippen molar-refractivity contribution in [1.82, 2.24) is 9.47 Å². The number of anilines is 1. The summed E-state index contributed by atoms with van der Waals surface area (Å²) in [5, 5.41) is 17.3. The average Bonchev–Trinajstić information content (AvgIpc) is 3.55. The Kier molecular flexibility index (Phi) is 5.54. The number of fused-ring (bicyclic) bond motifs is 1. The summed E-state index contributed by atoms with van der Waals surface area (Å²) in [5.74, 6) is -0.870. The number of nitriles is 1. The highest BCUT2D eigenvalue weighted by molar-refractivity contribution is 6.22. The van der Waals surface area contributed by atoms with E-state index in [9.17, 15) is 14.0 Å². The van der Waals surface area contributed by atoms with Crippen LogP contribution in [0.5, 0.6) is 5.75 Å². The van der Waals surface area contributed by atoms with Crippen LogP contribution < -0.4 is 15.1 Å². The fraction of sp³-hybridized carbons (Fsp3) is 0.450. The predicted octanol–water partition coefficient (Wildman–Crippen LogP) is 2.79. The van der Waals surface area contributed by atoms with Crippen LogP contribution in [0.25, 0.3) is 10.9 Å². The SMILES string of the molecule is N#CC(Cl)CN1CCN(c2cc3c(cc2F)c(=O)c(OC(=O)O)cn3C2CC2)CC1. The molecule has 2 aromatic rings. The average molecular weight is 435 g/mol. The van der Waals surface area contributed by atoms with Gasteiger partial charge in [-0.2, -0.15) is 5.26 Å². The lowest BCUT2D eigenvalue weighted by Crippen LogP contribution is -2.48. The van der Waals surface area contributed by atoms with E-state index in [2.05, 4.69) is 9.64 Å².